The molecule has 0 aromatic heterocycles. The van der Waals surface area contributed by atoms with Crippen LogP contribution in [0, 0.1) is 0 Å². The number of benzene rings is 3. The molecule has 0 radical (unpaired) electrons. The third-order valence-electron chi connectivity index (χ3n) is 8.51. The summed E-state index contributed by atoms with van der Waals surface area (Å²) in [6, 6.07) is 18.4. The lowest BCUT2D eigenvalue weighted by molar-refractivity contribution is 0.0734. The van der Waals surface area contributed by atoms with Gasteiger partial charge in [0.2, 0.25) is 0 Å². The zero-order valence-electron chi connectivity index (χ0n) is 27.0. The maximum absolute atomic E-state index is 12.9. The van der Waals surface area contributed by atoms with E-state index < -0.39 is 12.1 Å². The van der Waals surface area contributed by atoms with Gasteiger partial charge in [0, 0.05) is 0 Å². The average Bonchev–Trinajstić information content (AvgIpc) is 3.32. The van der Waals surface area contributed by atoms with E-state index in [2.05, 4.69) is 13.8 Å². The number of fused-ring (bicyclic) bond motifs is 3. The van der Waals surface area contributed by atoms with Crippen LogP contribution >= 0.6 is 0 Å². The minimum Gasteiger partial charge on any atom is -0.494 e. The molecule has 238 valence electrons. The SMILES string of the molecule is CCCCCCCCCCCCCOc1ccc(C(=O)Oc2ccc3c(c2)[C@H](O)c2cc(OCCCCCC)ccc2-3)cc1. The van der Waals surface area contributed by atoms with Crippen LogP contribution in [0.25, 0.3) is 11.1 Å². The molecule has 0 unspecified atom stereocenters. The Morgan fingerprint density at radius 2 is 1.00 bits per heavy atom. The standard InChI is InChI=1S/C39H52O5/c1-3-5-7-9-10-11-12-13-14-15-17-26-42-31-20-18-30(19-21-31)39(41)44-33-23-25-35-34-24-22-32(43-27-16-8-6-4-2)28-36(34)38(40)37(35)29-33/h18-25,28-29,38,40H,3-17,26-27H2,1-2H3/t38-/m1/s1. The van der Waals surface area contributed by atoms with Crippen molar-refractivity contribution in [2.24, 2.45) is 0 Å². The highest BCUT2D eigenvalue weighted by Crippen LogP contribution is 2.46. The molecule has 1 N–H and O–H groups in total. The lowest BCUT2D eigenvalue weighted by Gasteiger charge is -2.10. The van der Waals surface area contributed by atoms with Crippen LogP contribution in [0.5, 0.6) is 17.2 Å². The number of carbonyl (C=O) groups is 1. The van der Waals surface area contributed by atoms with E-state index in [1.54, 1.807) is 24.3 Å². The fourth-order valence-electron chi connectivity index (χ4n) is 5.87. The minimum absolute atomic E-state index is 0.407. The number of esters is 1. The van der Waals surface area contributed by atoms with E-state index in [1.165, 1.54) is 77.0 Å². The third-order valence-corrected chi connectivity index (χ3v) is 8.51. The van der Waals surface area contributed by atoms with Crippen LogP contribution in [0.4, 0.5) is 0 Å². The molecule has 1 atom stereocenters. The van der Waals surface area contributed by atoms with Gasteiger partial charge in [-0.05, 0) is 83.6 Å². The van der Waals surface area contributed by atoms with Gasteiger partial charge < -0.3 is 19.3 Å². The second-order valence-electron chi connectivity index (χ2n) is 12.1. The highest BCUT2D eigenvalue weighted by molar-refractivity contribution is 5.91. The highest BCUT2D eigenvalue weighted by Gasteiger charge is 2.28. The Balaban J connectivity index is 1.18. The molecule has 5 heteroatoms. The molecule has 5 nitrogen and oxygen atoms in total. The molecular formula is C39H52O5. The van der Waals surface area contributed by atoms with Crippen molar-refractivity contribution in [1.82, 2.24) is 0 Å². The Morgan fingerprint density at radius 1 is 0.568 bits per heavy atom. The van der Waals surface area contributed by atoms with Crippen molar-refractivity contribution in [3.05, 3.63) is 77.4 Å². The van der Waals surface area contributed by atoms with Gasteiger partial charge in [0.25, 0.3) is 0 Å². The molecule has 3 aromatic rings. The first-order chi connectivity index (χ1) is 21.6. The van der Waals surface area contributed by atoms with Crippen LogP contribution in [0.2, 0.25) is 0 Å². The van der Waals surface area contributed by atoms with E-state index in [9.17, 15) is 9.90 Å². The van der Waals surface area contributed by atoms with Gasteiger partial charge in [-0.3, -0.25) is 0 Å². The quantitative estimate of drug-likeness (QED) is 0.0748. The molecule has 0 fully saturated rings. The number of ether oxygens (including phenoxy) is 3. The molecule has 0 saturated carbocycles. The molecule has 3 aromatic carbocycles. The lowest BCUT2D eigenvalue weighted by Crippen LogP contribution is -2.09. The summed E-state index contributed by atoms with van der Waals surface area (Å²) in [5.41, 5.74) is 3.93. The zero-order valence-corrected chi connectivity index (χ0v) is 27.0. The van der Waals surface area contributed by atoms with E-state index in [0.717, 1.165) is 53.0 Å². The van der Waals surface area contributed by atoms with Crippen molar-refractivity contribution < 1.29 is 24.1 Å². The predicted octanol–water partition coefficient (Wildman–Crippen LogP) is 10.6. The largest absolute Gasteiger partial charge is 0.494 e. The van der Waals surface area contributed by atoms with Gasteiger partial charge in [0.15, 0.2) is 0 Å². The number of aliphatic hydroxyl groups excluding tert-OH is 1. The summed E-state index contributed by atoms with van der Waals surface area (Å²) in [5, 5.41) is 11.1. The Morgan fingerprint density at radius 3 is 1.57 bits per heavy atom. The summed E-state index contributed by atoms with van der Waals surface area (Å²) in [6.45, 7) is 5.82. The monoisotopic (exact) mass is 600 g/mol. The summed E-state index contributed by atoms with van der Waals surface area (Å²) in [7, 11) is 0. The molecular weight excluding hydrogens is 548 g/mol. The topological polar surface area (TPSA) is 65.0 Å². The van der Waals surface area contributed by atoms with E-state index >= 15 is 0 Å². The van der Waals surface area contributed by atoms with Gasteiger partial charge in [-0.2, -0.15) is 0 Å². The van der Waals surface area contributed by atoms with Crippen LogP contribution in [0.1, 0.15) is 138 Å². The van der Waals surface area contributed by atoms with Crippen LogP contribution in [-0.2, 0) is 0 Å². The third kappa shape index (κ3) is 10.1. The van der Waals surface area contributed by atoms with Gasteiger partial charge in [0.05, 0.1) is 18.8 Å². The molecule has 0 bridgehead atoms. The first kappa shape index (κ1) is 33.6. The highest BCUT2D eigenvalue weighted by atomic mass is 16.5. The van der Waals surface area contributed by atoms with Crippen LogP contribution < -0.4 is 14.2 Å². The van der Waals surface area contributed by atoms with E-state index in [0.29, 0.717) is 24.5 Å². The second kappa shape index (κ2) is 18.5. The summed E-state index contributed by atoms with van der Waals surface area (Å²) < 4.78 is 17.5. The average molecular weight is 601 g/mol. The summed E-state index contributed by atoms with van der Waals surface area (Å²) in [6.07, 6.45) is 18.2. The summed E-state index contributed by atoms with van der Waals surface area (Å²) in [4.78, 5) is 12.9. The Kier molecular flexibility index (Phi) is 14.1. The van der Waals surface area contributed by atoms with Gasteiger partial charge in [-0.15, -0.1) is 0 Å². The smallest absolute Gasteiger partial charge is 0.343 e. The zero-order chi connectivity index (χ0) is 31.0. The predicted molar refractivity (Wildman–Crippen MR) is 179 cm³/mol. The molecule has 4 rings (SSSR count). The maximum Gasteiger partial charge on any atom is 0.343 e. The van der Waals surface area contributed by atoms with Crippen molar-refractivity contribution in [3.63, 3.8) is 0 Å². The Labute approximate surface area is 264 Å². The van der Waals surface area contributed by atoms with Crippen molar-refractivity contribution >= 4 is 5.97 Å². The lowest BCUT2D eigenvalue weighted by atomic mass is 10.1. The van der Waals surface area contributed by atoms with Gasteiger partial charge in [-0.25, -0.2) is 4.79 Å². The number of hydrogen-bond donors (Lipinski definition) is 1. The van der Waals surface area contributed by atoms with Gasteiger partial charge in [-0.1, -0.05) is 109 Å². The van der Waals surface area contributed by atoms with Crippen LogP contribution in [0.15, 0.2) is 60.7 Å². The van der Waals surface area contributed by atoms with Crippen LogP contribution in [-0.4, -0.2) is 24.3 Å². The fourth-order valence-corrected chi connectivity index (χ4v) is 5.87. The molecule has 0 spiro atoms. The molecule has 0 amide bonds. The van der Waals surface area contributed by atoms with Gasteiger partial charge >= 0.3 is 5.97 Å². The van der Waals surface area contributed by atoms with E-state index in [-0.39, 0.29) is 0 Å². The molecule has 0 heterocycles. The van der Waals surface area contributed by atoms with Crippen molar-refractivity contribution in [2.75, 3.05) is 13.2 Å². The molecule has 1 aliphatic carbocycles. The van der Waals surface area contributed by atoms with E-state index in [4.69, 9.17) is 14.2 Å². The van der Waals surface area contributed by atoms with Crippen molar-refractivity contribution in [3.8, 4) is 28.4 Å². The normalized spacial score (nSPS) is 13.4. The first-order valence-corrected chi connectivity index (χ1v) is 17.1. The van der Waals surface area contributed by atoms with Crippen molar-refractivity contribution in [1.29, 1.82) is 0 Å². The van der Waals surface area contributed by atoms with Gasteiger partial charge in [0.1, 0.15) is 23.4 Å². The minimum atomic E-state index is -0.793. The number of unbranched alkanes of at least 4 members (excludes halogenated alkanes) is 13. The number of rotatable bonds is 21. The van der Waals surface area contributed by atoms with Crippen LogP contribution in [0.3, 0.4) is 0 Å². The first-order valence-electron chi connectivity index (χ1n) is 17.1. The Bertz CT molecular complexity index is 1280. The number of carbonyl (C=O) groups excluding carboxylic acids is 1. The second-order valence-corrected chi connectivity index (χ2v) is 12.1. The van der Waals surface area contributed by atoms with E-state index in [1.807, 2.05) is 36.4 Å². The van der Waals surface area contributed by atoms with Crippen molar-refractivity contribution in [2.45, 2.75) is 116 Å². The maximum atomic E-state index is 12.9. The summed E-state index contributed by atoms with van der Waals surface area (Å²) in [5.74, 6) is 1.50. The molecule has 44 heavy (non-hydrogen) atoms. The fraction of sp³-hybridized carbons (Fsp3) is 0.513. The summed E-state index contributed by atoms with van der Waals surface area (Å²) >= 11 is 0. The number of aliphatic hydroxyl groups is 1. The molecule has 1 aliphatic rings. The number of hydrogen-bond acceptors (Lipinski definition) is 5. The molecule has 0 aliphatic heterocycles. The molecule has 0 saturated heterocycles. The Hall–Kier alpha value is -3.31.